The number of nitrogens with zero attached hydrogens (tertiary/aromatic N) is 1. The standard InChI is InChI=1S/C21H15Cl2N3O4S/c1-12(13-4-6-17(7-5-13)30-21(29)18-3-2-8-31-18)25-26-20(28)19(27)24-16-10-14(22)9-15(23)11-16/h2-11H,1H3,(H,24,27)(H,26,28)/b25-12+. The average Bonchev–Trinajstić information content (AvgIpc) is 3.26. The molecule has 0 aliphatic rings. The second-order valence-electron chi connectivity index (χ2n) is 6.14. The average molecular weight is 476 g/mol. The highest BCUT2D eigenvalue weighted by Gasteiger charge is 2.14. The highest BCUT2D eigenvalue weighted by atomic mass is 35.5. The molecule has 2 N–H and O–H groups in total. The number of hydrogen-bond acceptors (Lipinski definition) is 6. The van der Waals surface area contributed by atoms with E-state index in [1.165, 1.54) is 29.5 Å². The Kier molecular flexibility index (Phi) is 7.41. The van der Waals surface area contributed by atoms with Crippen LogP contribution in [0.5, 0.6) is 5.75 Å². The number of thiophene rings is 1. The van der Waals surface area contributed by atoms with E-state index in [0.717, 1.165) is 0 Å². The first-order valence-electron chi connectivity index (χ1n) is 8.79. The Balaban J connectivity index is 1.57. The molecule has 0 aliphatic carbocycles. The Labute approximate surface area is 191 Å². The molecule has 158 valence electrons. The molecule has 31 heavy (non-hydrogen) atoms. The third kappa shape index (κ3) is 6.39. The molecule has 0 spiro atoms. The van der Waals surface area contributed by atoms with Crippen LogP contribution < -0.4 is 15.5 Å². The van der Waals surface area contributed by atoms with Crippen molar-refractivity contribution in [3.05, 3.63) is 80.5 Å². The number of halogens is 2. The zero-order valence-electron chi connectivity index (χ0n) is 16.0. The summed E-state index contributed by atoms with van der Waals surface area (Å²) in [4.78, 5) is 36.5. The van der Waals surface area contributed by atoms with Crippen LogP contribution in [0, 0.1) is 0 Å². The summed E-state index contributed by atoms with van der Waals surface area (Å²) in [5.41, 5.74) is 3.58. The van der Waals surface area contributed by atoms with Crippen LogP contribution >= 0.6 is 34.5 Å². The van der Waals surface area contributed by atoms with Gasteiger partial charge in [0.2, 0.25) is 0 Å². The van der Waals surface area contributed by atoms with E-state index >= 15 is 0 Å². The van der Waals surface area contributed by atoms with Crippen LogP contribution in [-0.2, 0) is 9.59 Å². The van der Waals surface area contributed by atoms with Crippen molar-refractivity contribution >= 4 is 63.7 Å². The lowest BCUT2D eigenvalue weighted by Crippen LogP contribution is -2.32. The highest BCUT2D eigenvalue weighted by Crippen LogP contribution is 2.22. The first-order chi connectivity index (χ1) is 14.8. The fraction of sp³-hybridized carbons (Fsp3) is 0.0476. The quantitative estimate of drug-likeness (QED) is 0.183. The minimum absolute atomic E-state index is 0.283. The lowest BCUT2D eigenvalue weighted by molar-refractivity contribution is -0.136. The van der Waals surface area contributed by atoms with Gasteiger partial charge in [0.25, 0.3) is 0 Å². The van der Waals surface area contributed by atoms with Crippen molar-refractivity contribution in [2.75, 3.05) is 5.32 Å². The number of benzene rings is 2. The predicted octanol–water partition coefficient (Wildman–Crippen LogP) is 4.75. The van der Waals surface area contributed by atoms with Gasteiger partial charge in [-0.05, 0) is 66.4 Å². The zero-order chi connectivity index (χ0) is 22.4. The van der Waals surface area contributed by atoms with Gasteiger partial charge in [-0.3, -0.25) is 9.59 Å². The number of carbonyl (C=O) groups is 3. The van der Waals surface area contributed by atoms with E-state index in [0.29, 0.717) is 31.9 Å². The number of rotatable bonds is 5. The van der Waals surface area contributed by atoms with E-state index in [4.69, 9.17) is 27.9 Å². The number of carbonyl (C=O) groups excluding carboxylic acids is 3. The highest BCUT2D eigenvalue weighted by molar-refractivity contribution is 7.12. The SMILES string of the molecule is C/C(=N\NC(=O)C(=O)Nc1cc(Cl)cc(Cl)c1)c1ccc(OC(=O)c2cccs2)cc1. The number of hydrogen-bond donors (Lipinski definition) is 2. The molecule has 0 fully saturated rings. The van der Waals surface area contributed by atoms with Gasteiger partial charge >= 0.3 is 17.8 Å². The van der Waals surface area contributed by atoms with Gasteiger partial charge in [0, 0.05) is 15.7 Å². The minimum Gasteiger partial charge on any atom is -0.422 e. The summed E-state index contributed by atoms with van der Waals surface area (Å²) in [6.45, 7) is 1.65. The molecule has 0 saturated carbocycles. The fourth-order valence-electron chi connectivity index (χ4n) is 2.38. The molecule has 0 aliphatic heterocycles. The maximum Gasteiger partial charge on any atom is 0.353 e. The van der Waals surface area contributed by atoms with Crippen LogP contribution in [0.4, 0.5) is 5.69 Å². The maximum atomic E-state index is 12.0. The van der Waals surface area contributed by atoms with Crippen molar-refractivity contribution in [1.29, 1.82) is 0 Å². The third-order valence-electron chi connectivity index (χ3n) is 3.86. The monoisotopic (exact) mass is 475 g/mol. The van der Waals surface area contributed by atoms with Gasteiger partial charge < -0.3 is 10.1 Å². The summed E-state index contributed by atoms with van der Waals surface area (Å²) in [6.07, 6.45) is 0. The normalized spacial score (nSPS) is 11.0. The van der Waals surface area contributed by atoms with E-state index in [1.807, 2.05) is 0 Å². The Bertz CT molecular complexity index is 1130. The van der Waals surface area contributed by atoms with Crippen LogP contribution in [0.3, 0.4) is 0 Å². The molecule has 2 aromatic carbocycles. The summed E-state index contributed by atoms with van der Waals surface area (Å²) in [5, 5.41) is 8.74. The van der Waals surface area contributed by atoms with Crippen LogP contribution in [-0.4, -0.2) is 23.5 Å². The molecule has 0 unspecified atom stereocenters. The Morgan fingerprint density at radius 2 is 1.65 bits per heavy atom. The van der Waals surface area contributed by atoms with Crippen molar-refractivity contribution < 1.29 is 19.1 Å². The summed E-state index contributed by atoms with van der Waals surface area (Å²) < 4.78 is 5.29. The lowest BCUT2D eigenvalue weighted by Gasteiger charge is -2.07. The van der Waals surface area contributed by atoms with Gasteiger partial charge in [-0.25, -0.2) is 10.2 Å². The molecular weight excluding hydrogens is 461 g/mol. The molecule has 0 radical (unpaired) electrons. The zero-order valence-corrected chi connectivity index (χ0v) is 18.3. The Morgan fingerprint density at radius 1 is 0.968 bits per heavy atom. The number of hydrazone groups is 1. The molecule has 0 atom stereocenters. The molecule has 10 heteroatoms. The third-order valence-corrected chi connectivity index (χ3v) is 5.14. The van der Waals surface area contributed by atoms with Crippen LogP contribution in [0.1, 0.15) is 22.2 Å². The molecular formula is C21H15Cl2N3O4S. The van der Waals surface area contributed by atoms with Gasteiger partial charge in [-0.2, -0.15) is 5.10 Å². The molecule has 1 heterocycles. The van der Waals surface area contributed by atoms with Crippen molar-refractivity contribution in [3.63, 3.8) is 0 Å². The number of anilines is 1. The van der Waals surface area contributed by atoms with E-state index < -0.39 is 17.8 Å². The second-order valence-corrected chi connectivity index (χ2v) is 7.96. The first-order valence-corrected chi connectivity index (χ1v) is 10.4. The summed E-state index contributed by atoms with van der Waals surface area (Å²) in [7, 11) is 0. The second kappa shape index (κ2) is 10.2. The van der Waals surface area contributed by atoms with Crippen LogP contribution in [0.25, 0.3) is 0 Å². The van der Waals surface area contributed by atoms with Gasteiger partial charge in [0.1, 0.15) is 10.6 Å². The molecule has 0 bridgehead atoms. The van der Waals surface area contributed by atoms with Gasteiger partial charge in [-0.15, -0.1) is 11.3 Å². The van der Waals surface area contributed by atoms with Gasteiger partial charge in [-0.1, -0.05) is 29.3 Å². The van der Waals surface area contributed by atoms with E-state index in [2.05, 4.69) is 15.8 Å². The van der Waals surface area contributed by atoms with Gasteiger partial charge in [0.15, 0.2) is 0 Å². The number of ether oxygens (including phenoxy) is 1. The number of amides is 2. The van der Waals surface area contributed by atoms with E-state index in [-0.39, 0.29) is 5.69 Å². The molecule has 0 saturated heterocycles. The minimum atomic E-state index is -0.961. The summed E-state index contributed by atoms with van der Waals surface area (Å²) >= 11 is 13.0. The van der Waals surface area contributed by atoms with Crippen LogP contribution in [0.15, 0.2) is 65.1 Å². The number of nitrogens with one attached hydrogen (secondary N) is 2. The smallest absolute Gasteiger partial charge is 0.353 e. The van der Waals surface area contributed by atoms with Crippen molar-refractivity contribution in [1.82, 2.24) is 5.43 Å². The van der Waals surface area contributed by atoms with E-state index in [1.54, 1.807) is 48.7 Å². The lowest BCUT2D eigenvalue weighted by atomic mass is 10.1. The van der Waals surface area contributed by atoms with Crippen LogP contribution in [0.2, 0.25) is 10.0 Å². The molecule has 2 amide bonds. The first kappa shape index (κ1) is 22.5. The Morgan fingerprint density at radius 3 is 2.26 bits per heavy atom. The van der Waals surface area contributed by atoms with Crippen molar-refractivity contribution in [2.24, 2.45) is 5.10 Å². The van der Waals surface area contributed by atoms with Crippen molar-refractivity contribution in [3.8, 4) is 5.75 Å². The Hall–Kier alpha value is -3.20. The largest absolute Gasteiger partial charge is 0.422 e. The summed E-state index contributed by atoms with van der Waals surface area (Å²) in [5.74, 6) is -1.95. The maximum absolute atomic E-state index is 12.0. The molecule has 7 nitrogen and oxygen atoms in total. The molecule has 1 aromatic heterocycles. The molecule has 3 aromatic rings. The topological polar surface area (TPSA) is 96.9 Å². The van der Waals surface area contributed by atoms with Gasteiger partial charge in [0.05, 0.1) is 5.71 Å². The molecule has 3 rings (SSSR count). The van der Waals surface area contributed by atoms with E-state index in [9.17, 15) is 14.4 Å². The predicted molar refractivity (Wildman–Crippen MR) is 121 cm³/mol. The number of esters is 1. The summed E-state index contributed by atoms with van der Waals surface area (Å²) in [6, 6.07) is 14.4. The van der Waals surface area contributed by atoms with Crippen molar-refractivity contribution in [2.45, 2.75) is 6.92 Å². The fourth-order valence-corrected chi connectivity index (χ4v) is 3.50.